The number of nitrogens with one attached hydrogen (secondary N) is 1. The molecule has 1 saturated carbocycles. The van der Waals surface area contributed by atoms with Gasteiger partial charge in [0.25, 0.3) is 0 Å². The van der Waals surface area contributed by atoms with E-state index in [0.717, 1.165) is 42.6 Å². The molecule has 4 nitrogen and oxygen atoms in total. The Morgan fingerprint density at radius 1 is 1.41 bits per heavy atom. The lowest BCUT2D eigenvalue weighted by atomic mass is 10.00. The summed E-state index contributed by atoms with van der Waals surface area (Å²) in [5.41, 5.74) is 8.23. The molecule has 1 aromatic rings. The highest BCUT2D eigenvalue weighted by atomic mass is 16.5. The van der Waals surface area contributed by atoms with Gasteiger partial charge in [0.15, 0.2) is 0 Å². The number of benzene rings is 1. The Balaban J connectivity index is 1.88. The molecule has 1 aliphatic carbocycles. The first kappa shape index (κ1) is 16.8. The molecule has 0 radical (unpaired) electrons. The molecule has 1 amide bonds. The van der Waals surface area contributed by atoms with Gasteiger partial charge in [0.05, 0.1) is 6.61 Å². The van der Waals surface area contributed by atoms with E-state index in [9.17, 15) is 4.79 Å². The number of rotatable bonds is 7. The van der Waals surface area contributed by atoms with E-state index in [1.54, 1.807) is 0 Å². The van der Waals surface area contributed by atoms with Crippen molar-refractivity contribution in [1.29, 1.82) is 0 Å². The van der Waals surface area contributed by atoms with Gasteiger partial charge in [-0.25, -0.2) is 0 Å². The maximum absolute atomic E-state index is 12.1. The van der Waals surface area contributed by atoms with Crippen LogP contribution >= 0.6 is 0 Å². The van der Waals surface area contributed by atoms with E-state index in [2.05, 4.69) is 12.2 Å². The van der Waals surface area contributed by atoms with Gasteiger partial charge < -0.3 is 15.8 Å². The topological polar surface area (TPSA) is 64.3 Å². The Morgan fingerprint density at radius 2 is 2.23 bits per heavy atom. The number of hydrogen-bond donors (Lipinski definition) is 2. The molecule has 122 valence electrons. The Labute approximate surface area is 133 Å². The molecular weight excluding hydrogens is 276 g/mol. The SMILES string of the molecule is CCCOc1cc(C)ccc1CNC(=O)C[C@@H]1CCC[C@H]1N. The summed E-state index contributed by atoms with van der Waals surface area (Å²) in [6.07, 6.45) is 4.78. The van der Waals surface area contributed by atoms with Gasteiger partial charge in [0.1, 0.15) is 5.75 Å². The molecule has 0 unspecified atom stereocenters. The molecule has 4 heteroatoms. The number of carbonyl (C=O) groups excluding carboxylic acids is 1. The maximum atomic E-state index is 12.1. The first-order valence-electron chi connectivity index (χ1n) is 8.34. The maximum Gasteiger partial charge on any atom is 0.220 e. The van der Waals surface area contributed by atoms with Crippen molar-refractivity contribution < 1.29 is 9.53 Å². The van der Waals surface area contributed by atoms with Crippen molar-refractivity contribution in [1.82, 2.24) is 5.32 Å². The minimum atomic E-state index is 0.0874. The summed E-state index contributed by atoms with van der Waals surface area (Å²) in [5, 5.41) is 3.01. The van der Waals surface area contributed by atoms with Gasteiger partial charge in [-0.2, -0.15) is 0 Å². The van der Waals surface area contributed by atoms with E-state index in [1.807, 2.05) is 25.1 Å². The van der Waals surface area contributed by atoms with Crippen LogP contribution in [0.5, 0.6) is 5.75 Å². The third-order valence-electron chi connectivity index (χ3n) is 4.33. The molecule has 0 aromatic heterocycles. The highest BCUT2D eigenvalue weighted by molar-refractivity contribution is 5.76. The zero-order chi connectivity index (χ0) is 15.9. The van der Waals surface area contributed by atoms with Crippen LogP contribution in [0.15, 0.2) is 18.2 Å². The van der Waals surface area contributed by atoms with E-state index in [1.165, 1.54) is 0 Å². The van der Waals surface area contributed by atoms with Gasteiger partial charge in [-0.3, -0.25) is 4.79 Å². The summed E-state index contributed by atoms with van der Waals surface area (Å²) in [6.45, 7) is 5.34. The second-order valence-electron chi connectivity index (χ2n) is 6.30. The van der Waals surface area contributed by atoms with Crippen LogP contribution in [0, 0.1) is 12.8 Å². The van der Waals surface area contributed by atoms with Gasteiger partial charge >= 0.3 is 0 Å². The van der Waals surface area contributed by atoms with E-state index < -0.39 is 0 Å². The third-order valence-corrected chi connectivity index (χ3v) is 4.33. The second kappa shape index (κ2) is 8.18. The summed E-state index contributed by atoms with van der Waals surface area (Å²) in [5.74, 6) is 1.30. The Kier molecular flexibility index (Phi) is 6.25. The summed E-state index contributed by atoms with van der Waals surface area (Å²) >= 11 is 0. The standard InChI is InChI=1S/C18H28N2O2/c1-3-9-22-17-10-13(2)7-8-15(17)12-20-18(21)11-14-5-4-6-16(14)19/h7-8,10,14,16H,3-6,9,11-12,19H2,1-2H3,(H,20,21)/t14-,16+/m0/s1. The molecule has 2 atom stereocenters. The number of hydrogen-bond acceptors (Lipinski definition) is 3. The molecule has 2 rings (SSSR count). The largest absolute Gasteiger partial charge is 0.493 e. The smallest absolute Gasteiger partial charge is 0.220 e. The molecule has 0 heterocycles. The van der Waals surface area contributed by atoms with E-state index in [0.29, 0.717) is 25.5 Å². The zero-order valence-corrected chi connectivity index (χ0v) is 13.7. The highest BCUT2D eigenvalue weighted by Gasteiger charge is 2.25. The van der Waals surface area contributed by atoms with Crippen molar-refractivity contribution in [2.45, 2.75) is 58.5 Å². The van der Waals surface area contributed by atoms with Crippen LogP contribution in [-0.4, -0.2) is 18.6 Å². The lowest BCUT2D eigenvalue weighted by molar-refractivity contribution is -0.122. The number of aryl methyl sites for hydroxylation is 1. The Morgan fingerprint density at radius 3 is 2.91 bits per heavy atom. The number of ether oxygens (including phenoxy) is 1. The Bertz CT molecular complexity index is 502. The fourth-order valence-corrected chi connectivity index (χ4v) is 2.98. The normalized spacial score (nSPS) is 20.9. The fourth-order valence-electron chi connectivity index (χ4n) is 2.98. The van der Waals surface area contributed by atoms with Crippen LogP contribution in [-0.2, 0) is 11.3 Å². The van der Waals surface area contributed by atoms with Crippen LogP contribution in [0.1, 0.15) is 50.2 Å². The predicted octanol–water partition coefficient (Wildman–Crippen LogP) is 2.92. The van der Waals surface area contributed by atoms with E-state index in [-0.39, 0.29) is 11.9 Å². The molecule has 0 saturated heterocycles. The lowest BCUT2D eigenvalue weighted by Crippen LogP contribution is -2.31. The van der Waals surface area contributed by atoms with Crippen molar-refractivity contribution in [3.63, 3.8) is 0 Å². The minimum absolute atomic E-state index is 0.0874. The summed E-state index contributed by atoms with van der Waals surface area (Å²) in [7, 11) is 0. The molecule has 1 fully saturated rings. The van der Waals surface area contributed by atoms with Crippen molar-refractivity contribution in [3.8, 4) is 5.75 Å². The fraction of sp³-hybridized carbons (Fsp3) is 0.611. The molecule has 0 spiro atoms. The van der Waals surface area contributed by atoms with Crippen LogP contribution in [0.3, 0.4) is 0 Å². The van der Waals surface area contributed by atoms with Gasteiger partial charge in [0, 0.05) is 24.6 Å². The lowest BCUT2D eigenvalue weighted by Gasteiger charge is -2.16. The molecule has 3 N–H and O–H groups in total. The first-order valence-corrected chi connectivity index (χ1v) is 8.34. The van der Waals surface area contributed by atoms with Crippen molar-refractivity contribution in [2.24, 2.45) is 11.7 Å². The molecule has 22 heavy (non-hydrogen) atoms. The predicted molar refractivity (Wildman–Crippen MR) is 88.7 cm³/mol. The number of nitrogens with two attached hydrogens (primary N) is 1. The third kappa shape index (κ3) is 4.73. The van der Waals surface area contributed by atoms with E-state index >= 15 is 0 Å². The first-order chi connectivity index (χ1) is 10.6. The minimum Gasteiger partial charge on any atom is -0.493 e. The number of amides is 1. The summed E-state index contributed by atoms with van der Waals surface area (Å²) in [6, 6.07) is 6.30. The van der Waals surface area contributed by atoms with Gasteiger partial charge in [-0.1, -0.05) is 25.5 Å². The average Bonchev–Trinajstić information content (AvgIpc) is 2.89. The van der Waals surface area contributed by atoms with E-state index in [4.69, 9.17) is 10.5 Å². The molecule has 0 aliphatic heterocycles. The van der Waals surface area contributed by atoms with Crippen molar-refractivity contribution in [3.05, 3.63) is 29.3 Å². The van der Waals surface area contributed by atoms with Gasteiger partial charge in [-0.15, -0.1) is 0 Å². The molecule has 1 aliphatic rings. The highest BCUT2D eigenvalue weighted by Crippen LogP contribution is 2.27. The van der Waals surface area contributed by atoms with Crippen LogP contribution in [0.25, 0.3) is 0 Å². The van der Waals surface area contributed by atoms with Gasteiger partial charge in [-0.05, 0) is 43.7 Å². The Hall–Kier alpha value is -1.55. The molecule has 0 bridgehead atoms. The summed E-state index contributed by atoms with van der Waals surface area (Å²) < 4.78 is 5.78. The van der Waals surface area contributed by atoms with Crippen LogP contribution in [0.2, 0.25) is 0 Å². The van der Waals surface area contributed by atoms with Crippen LogP contribution < -0.4 is 15.8 Å². The summed E-state index contributed by atoms with van der Waals surface area (Å²) in [4.78, 5) is 12.1. The molecular formula is C18H28N2O2. The van der Waals surface area contributed by atoms with Crippen molar-refractivity contribution in [2.75, 3.05) is 6.61 Å². The molecule has 1 aromatic carbocycles. The zero-order valence-electron chi connectivity index (χ0n) is 13.7. The monoisotopic (exact) mass is 304 g/mol. The van der Waals surface area contributed by atoms with Gasteiger partial charge in [0.2, 0.25) is 5.91 Å². The van der Waals surface area contributed by atoms with Crippen LogP contribution in [0.4, 0.5) is 0 Å². The second-order valence-corrected chi connectivity index (χ2v) is 6.30. The number of carbonyl (C=O) groups is 1. The average molecular weight is 304 g/mol. The van der Waals surface area contributed by atoms with Crippen molar-refractivity contribution >= 4 is 5.91 Å². The quantitative estimate of drug-likeness (QED) is 0.814.